The van der Waals surface area contributed by atoms with Crippen molar-refractivity contribution in [3.8, 4) is 51.0 Å². The van der Waals surface area contributed by atoms with Gasteiger partial charge in [0.1, 0.15) is 22.3 Å². The lowest BCUT2D eigenvalue weighted by Crippen LogP contribution is -2.00. The standard InChI is InChI=1S/C51H30N4O2/c1-3-13-31(14-4-1)49-52-50(32-15-5-2-6-16-32)54-51(53-49)33-25-27-41-45(29-33)56-44-24-12-19-38(47(41)44)40-21-11-20-39-37-28-26-34(30-46(37)57-48(39)40)55-42-22-9-7-17-35(42)36-18-8-10-23-43(36)55/h1-30H. The molecule has 0 fully saturated rings. The SMILES string of the molecule is c1ccc(-c2nc(-c3ccccc3)nc(-c3ccc4c(c3)oc3cccc(-c5cccc6c5oc5cc(-n7c8ccccc8c8ccccc87)ccc56)c34)n2)cc1. The molecule has 0 unspecified atom stereocenters. The van der Waals surface area contributed by atoms with E-state index in [1.807, 2.05) is 78.9 Å². The van der Waals surface area contributed by atoms with E-state index in [1.54, 1.807) is 0 Å². The van der Waals surface area contributed by atoms with Gasteiger partial charge in [-0.25, -0.2) is 15.0 Å². The maximum atomic E-state index is 6.84. The second-order valence-electron chi connectivity index (χ2n) is 14.4. The van der Waals surface area contributed by atoms with Gasteiger partial charge in [0.2, 0.25) is 0 Å². The Morgan fingerprint density at radius 3 is 1.61 bits per heavy atom. The molecular weight excluding hydrogens is 701 g/mol. The monoisotopic (exact) mass is 730 g/mol. The van der Waals surface area contributed by atoms with Gasteiger partial charge < -0.3 is 13.4 Å². The highest BCUT2D eigenvalue weighted by atomic mass is 16.3. The fourth-order valence-corrected chi connectivity index (χ4v) is 8.47. The zero-order valence-electron chi connectivity index (χ0n) is 30.4. The summed E-state index contributed by atoms with van der Waals surface area (Å²) in [5, 5.41) is 6.65. The van der Waals surface area contributed by atoms with Crippen LogP contribution in [0.5, 0.6) is 0 Å². The van der Waals surface area contributed by atoms with Gasteiger partial charge in [0.25, 0.3) is 0 Å². The van der Waals surface area contributed by atoms with E-state index in [2.05, 4.69) is 108 Å². The van der Waals surface area contributed by atoms with Crippen LogP contribution in [0.2, 0.25) is 0 Å². The number of para-hydroxylation sites is 3. The minimum absolute atomic E-state index is 0.581. The Bertz CT molecular complexity index is 3410. The van der Waals surface area contributed by atoms with E-state index in [4.69, 9.17) is 23.8 Å². The maximum Gasteiger partial charge on any atom is 0.164 e. The van der Waals surface area contributed by atoms with E-state index in [0.29, 0.717) is 17.5 Å². The number of fused-ring (bicyclic) bond motifs is 9. The Labute approximate surface area is 325 Å². The smallest absolute Gasteiger partial charge is 0.164 e. The Hall–Kier alpha value is -7.83. The van der Waals surface area contributed by atoms with Crippen LogP contribution in [0.25, 0.3) is 117 Å². The number of furan rings is 2. The van der Waals surface area contributed by atoms with Crippen LogP contribution in [0.3, 0.4) is 0 Å². The Balaban J connectivity index is 0.999. The molecule has 8 aromatic carbocycles. The summed E-state index contributed by atoms with van der Waals surface area (Å²) in [6, 6.07) is 62.6. The zero-order chi connectivity index (χ0) is 37.5. The first-order valence-corrected chi connectivity index (χ1v) is 19.0. The molecule has 0 saturated carbocycles. The summed E-state index contributed by atoms with van der Waals surface area (Å²) in [4.78, 5) is 14.8. The van der Waals surface area contributed by atoms with Crippen LogP contribution in [0.1, 0.15) is 0 Å². The lowest BCUT2D eigenvalue weighted by molar-refractivity contribution is 0.668. The number of hydrogen-bond donors (Lipinski definition) is 0. The summed E-state index contributed by atoms with van der Waals surface area (Å²) in [6.45, 7) is 0. The first-order valence-electron chi connectivity index (χ1n) is 19.0. The third kappa shape index (κ3) is 4.94. The molecular formula is C51H30N4O2. The third-order valence-electron chi connectivity index (χ3n) is 11.1. The van der Waals surface area contributed by atoms with Gasteiger partial charge in [0, 0.05) is 66.3 Å². The van der Waals surface area contributed by atoms with Gasteiger partial charge in [-0.2, -0.15) is 0 Å². The van der Waals surface area contributed by atoms with E-state index in [0.717, 1.165) is 77.4 Å². The molecule has 12 aromatic rings. The molecule has 0 saturated heterocycles. The fraction of sp³-hybridized carbons (Fsp3) is 0. The third-order valence-corrected chi connectivity index (χ3v) is 11.1. The van der Waals surface area contributed by atoms with E-state index in [9.17, 15) is 0 Å². The minimum atomic E-state index is 0.581. The molecule has 6 nitrogen and oxygen atoms in total. The van der Waals surface area contributed by atoms with E-state index in [1.165, 1.54) is 21.8 Å². The van der Waals surface area contributed by atoms with Crippen LogP contribution in [-0.4, -0.2) is 19.5 Å². The highest BCUT2D eigenvalue weighted by molar-refractivity contribution is 6.18. The van der Waals surface area contributed by atoms with Crippen molar-refractivity contribution < 1.29 is 8.83 Å². The molecule has 0 N–H and O–H groups in total. The summed E-state index contributed by atoms with van der Waals surface area (Å²) >= 11 is 0. The molecule has 0 aliphatic rings. The van der Waals surface area contributed by atoms with Crippen molar-refractivity contribution in [1.82, 2.24) is 19.5 Å². The molecule has 4 aromatic heterocycles. The average molecular weight is 731 g/mol. The first-order chi connectivity index (χ1) is 28.2. The quantitative estimate of drug-likeness (QED) is 0.176. The van der Waals surface area contributed by atoms with Crippen molar-refractivity contribution >= 4 is 65.7 Å². The summed E-state index contributed by atoms with van der Waals surface area (Å²) in [7, 11) is 0. The normalized spacial score (nSPS) is 11.9. The molecule has 0 bridgehead atoms. The Kier molecular flexibility index (Phi) is 6.83. The van der Waals surface area contributed by atoms with Gasteiger partial charge in [-0.05, 0) is 48.0 Å². The van der Waals surface area contributed by atoms with Crippen LogP contribution < -0.4 is 0 Å². The van der Waals surface area contributed by atoms with Crippen LogP contribution in [0.4, 0.5) is 0 Å². The summed E-state index contributed by atoms with van der Waals surface area (Å²) < 4.78 is 15.8. The lowest BCUT2D eigenvalue weighted by atomic mass is 9.97. The van der Waals surface area contributed by atoms with Crippen molar-refractivity contribution in [2.24, 2.45) is 0 Å². The fourth-order valence-electron chi connectivity index (χ4n) is 8.47. The van der Waals surface area contributed by atoms with Crippen molar-refractivity contribution in [3.05, 3.63) is 182 Å². The Morgan fingerprint density at radius 2 is 0.912 bits per heavy atom. The summed E-state index contributed by atoms with van der Waals surface area (Å²) in [5.74, 6) is 1.82. The topological polar surface area (TPSA) is 69.9 Å². The second kappa shape index (κ2) is 12.3. The van der Waals surface area contributed by atoms with Gasteiger partial charge >= 0.3 is 0 Å². The van der Waals surface area contributed by atoms with Crippen LogP contribution >= 0.6 is 0 Å². The van der Waals surface area contributed by atoms with Crippen LogP contribution in [0.15, 0.2) is 191 Å². The number of rotatable bonds is 5. The van der Waals surface area contributed by atoms with Crippen molar-refractivity contribution in [2.75, 3.05) is 0 Å². The van der Waals surface area contributed by atoms with E-state index < -0.39 is 0 Å². The highest BCUT2D eigenvalue weighted by Crippen LogP contribution is 2.43. The maximum absolute atomic E-state index is 6.84. The largest absolute Gasteiger partial charge is 0.456 e. The number of hydrogen-bond acceptors (Lipinski definition) is 5. The molecule has 0 radical (unpaired) electrons. The predicted octanol–water partition coefficient (Wildman–Crippen LogP) is 13.4. The van der Waals surface area contributed by atoms with Gasteiger partial charge in [-0.1, -0.05) is 133 Å². The van der Waals surface area contributed by atoms with E-state index >= 15 is 0 Å². The van der Waals surface area contributed by atoms with E-state index in [-0.39, 0.29) is 0 Å². The molecule has 0 atom stereocenters. The molecule has 0 amide bonds. The molecule has 6 heteroatoms. The molecule has 0 aliphatic carbocycles. The predicted molar refractivity (Wildman–Crippen MR) is 230 cm³/mol. The van der Waals surface area contributed by atoms with Crippen molar-refractivity contribution in [2.45, 2.75) is 0 Å². The molecule has 0 aliphatic heterocycles. The number of aromatic nitrogens is 4. The van der Waals surface area contributed by atoms with Crippen LogP contribution in [-0.2, 0) is 0 Å². The first kappa shape index (κ1) is 31.5. The highest BCUT2D eigenvalue weighted by Gasteiger charge is 2.20. The van der Waals surface area contributed by atoms with Crippen molar-refractivity contribution in [1.29, 1.82) is 0 Å². The number of nitrogens with zero attached hydrogens (tertiary/aromatic N) is 4. The average Bonchev–Trinajstić information content (AvgIpc) is 3.96. The van der Waals surface area contributed by atoms with Crippen LogP contribution in [0, 0.1) is 0 Å². The Morgan fingerprint density at radius 1 is 0.351 bits per heavy atom. The number of benzene rings is 8. The molecule has 57 heavy (non-hydrogen) atoms. The van der Waals surface area contributed by atoms with Crippen molar-refractivity contribution in [3.63, 3.8) is 0 Å². The molecule has 266 valence electrons. The molecule has 4 heterocycles. The summed E-state index contributed by atoms with van der Waals surface area (Å²) in [5.41, 5.74) is 11.4. The van der Waals surface area contributed by atoms with Gasteiger partial charge in [0.15, 0.2) is 17.5 Å². The van der Waals surface area contributed by atoms with Gasteiger partial charge in [-0.3, -0.25) is 0 Å². The van der Waals surface area contributed by atoms with Gasteiger partial charge in [0.05, 0.1) is 11.0 Å². The zero-order valence-corrected chi connectivity index (χ0v) is 30.4. The molecule has 0 spiro atoms. The minimum Gasteiger partial charge on any atom is -0.456 e. The molecule has 12 rings (SSSR count). The lowest BCUT2D eigenvalue weighted by Gasteiger charge is -2.08. The second-order valence-corrected chi connectivity index (χ2v) is 14.4. The summed E-state index contributed by atoms with van der Waals surface area (Å²) in [6.07, 6.45) is 0. The van der Waals surface area contributed by atoms with Gasteiger partial charge in [-0.15, -0.1) is 0 Å².